The highest BCUT2D eigenvalue weighted by Crippen LogP contribution is 2.18. The summed E-state index contributed by atoms with van der Waals surface area (Å²) in [6.45, 7) is 2.94. The topological polar surface area (TPSA) is 71.8 Å². The fourth-order valence-electron chi connectivity index (χ4n) is 2.46. The quantitative estimate of drug-likeness (QED) is 0.880. The van der Waals surface area contributed by atoms with Crippen LogP contribution >= 0.6 is 0 Å². The average molecular weight is 271 g/mol. The van der Waals surface area contributed by atoms with Crippen molar-refractivity contribution in [3.8, 4) is 5.82 Å². The third kappa shape index (κ3) is 2.55. The lowest BCUT2D eigenvalue weighted by molar-refractivity contribution is -0.120. The van der Waals surface area contributed by atoms with Gasteiger partial charge in [0.25, 0.3) is 0 Å². The molecule has 1 aliphatic heterocycles. The molecule has 2 aromatic rings. The molecule has 20 heavy (non-hydrogen) atoms. The molecule has 1 fully saturated rings. The average Bonchev–Trinajstić information content (AvgIpc) is 3.10. The number of carbonyl (C=O) groups is 1. The highest BCUT2D eigenvalue weighted by molar-refractivity contribution is 5.93. The van der Waals surface area contributed by atoms with Gasteiger partial charge in [0.15, 0.2) is 0 Å². The molecule has 0 bridgehead atoms. The summed E-state index contributed by atoms with van der Waals surface area (Å²) in [5.41, 5.74) is 0.720. The van der Waals surface area contributed by atoms with Crippen molar-refractivity contribution >= 4 is 11.6 Å². The molecule has 6 nitrogen and oxygen atoms in total. The van der Waals surface area contributed by atoms with Crippen molar-refractivity contribution in [2.75, 3.05) is 11.9 Å². The molecule has 3 heterocycles. The summed E-state index contributed by atoms with van der Waals surface area (Å²) >= 11 is 0. The summed E-state index contributed by atoms with van der Waals surface area (Å²) in [6.07, 6.45) is 7.76. The summed E-state index contributed by atoms with van der Waals surface area (Å²) in [7, 11) is 0. The van der Waals surface area contributed by atoms with E-state index in [1.807, 2.05) is 29.8 Å². The predicted octanol–water partition coefficient (Wildman–Crippen LogP) is 1.20. The van der Waals surface area contributed by atoms with Gasteiger partial charge in [-0.15, -0.1) is 0 Å². The summed E-state index contributed by atoms with van der Waals surface area (Å²) in [6, 6.07) is 3.94. The summed E-state index contributed by atoms with van der Waals surface area (Å²) in [4.78, 5) is 20.4. The van der Waals surface area contributed by atoms with Crippen LogP contribution in [0.4, 0.5) is 5.69 Å². The number of imidazole rings is 1. The lowest BCUT2D eigenvalue weighted by atomic mass is 10.0. The Morgan fingerprint density at radius 2 is 2.40 bits per heavy atom. The largest absolute Gasteiger partial charge is 0.324 e. The van der Waals surface area contributed by atoms with Crippen molar-refractivity contribution in [1.29, 1.82) is 0 Å². The van der Waals surface area contributed by atoms with Gasteiger partial charge in [-0.1, -0.05) is 0 Å². The number of nitrogens with zero attached hydrogens (tertiary/aromatic N) is 3. The minimum atomic E-state index is 0.0309. The van der Waals surface area contributed by atoms with E-state index in [2.05, 4.69) is 20.6 Å². The molecule has 0 saturated carbocycles. The Balaban J connectivity index is 1.68. The number of nitrogens with one attached hydrogen (secondary N) is 2. The second kappa shape index (κ2) is 5.42. The number of pyridine rings is 1. The summed E-state index contributed by atoms with van der Waals surface area (Å²) in [5.74, 6) is 0.861. The maximum atomic E-state index is 12.1. The Labute approximate surface area is 117 Å². The first-order valence-electron chi connectivity index (χ1n) is 6.72. The second-order valence-electron chi connectivity index (χ2n) is 5.00. The van der Waals surface area contributed by atoms with Gasteiger partial charge >= 0.3 is 0 Å². The molecule has 3 rings (SSSR count). The van der Waals surface area contributed by atoms with Crippen LogP contribution in [0.1, 0.15) is 13.3 Å². The zero-order chi connectivity index (χ0) is 13.9. The van der Waals surface area contributed by atoms with Crippen molar-refractivity contribution in [2.24, 2.45) is 5.92 Å². The Bertz CT molecular complexity index is 578. The molecule has 2 aromatic heterocycles. The molecule has 1 saturated heterocycles. The summed E-state index contributed by atoms with van der Waals surface area (Å²) < 4.78 is 1.81. The maximum absolute atomic E-state index is 12.1. The Morgan fingerprint density at radius 1 is 1.50 bits per heavy atom. The van der Waals surface area contributed by atoms with Crippen LogP contribution in [0.3, 0.4) is 0 Å². The standard InChI is InChI=1S/C14H17N5O/c1-10-12(4-5-16-10)14(20)18-11-2-3-13(17-8-11)19-7-6-15-9-19/h2-3,6-10,12,16H,4-5H2,1H3,(H,18,20). The molecule has 2 N–H and O–H groups in total. The van der Waals surface area contributed by atoms with Crippen LogP contribution in [-0.2, 0) is 4.79 Å². The van der Waals surface area contributed by atoms with Crippen molar-refractivity contribution in [3.63, 3.8) is 0 Å². The van der Waals surface area contributed by atoms with Gasteiger partial charge in [-0.2, -0.15) is 0 Å². The van der Waals surface area contributed by atoms with Crippen LogP contribution in [-0.4, -0.2) is 33.0 Å². The van der Waals surface area contributed by atoms with Crippen LogP contribution in [0, 0.1) is 5.92 Å². The van der Waals surface area contributed by atoms with Gasteiger partial charge in [0.2, 0.25) is 5.91 Å². The maximum Gasteiger partial charge on any atom is 0.229 e. The van der Waals surface area contributed by atoms with Crippen LogP contribution in [0.15, 0.2) is 37.1 Å². The minimum Gasteiger partial charge on any atom is -0.324 e. The van der Waals surface area contributed by atoms with Gasteiger partial charge in [-0.3, -0.25) is 9.36 Å². The monoisotopic (exact) mass is 271 g/mol. The van der Waals surface area contributed by atoms with Gasteiger partial charge in [0, 0.05) is 18.4 Å². The first-order chi connectivity index (χ1) is 9.74. The van der Waals surface area contributed by atoms with Gasteiger partial charge in [-0.25, -0.2) is 9.97 Å². The van der Waals surface area contributed by atoms with E-state index in [1.54, 1.807) is 18.7 Å². The molecular weight excluding hydrogens is 254 g/mol. The highest BCUT2D eigenvalue weighted by atomic mass is 16.1. The van der Waals surface area contributed by atoms with Crippen molar-refractivity contribution < 1.29 is 4.79 Å². The van der Waals surface area contributed by atoms with E-state index in [1.165, 1.54) is 0 Å². The molecule has 1 amide bonds. The zero-order valence-electron chi connectivity index (χ0n) is 11.3. The second-order valence-corrected chi connectivity index (χ2v) is 5.00. The van der Waals surface area contributed by atoms with E-state index in [-0.39, 0.29) is 17.9 Å². The van der Waals surface area contributed by atoms with Gasteiger partial charge in [-0.05, 0) is 32.0 Å². The van der Waals surface area contributed by atoms with E-state index < -0.39 is 0 Å². The van der Waals surface area contributed by atoms with Gasteiger partial charge < -0.3 is 10.6 Å². The van der Waals surface area contributed by atoms with Crippen molar-refractivity contribution in [2.45, 2.75) is 19.4 Å². The third-order valence-corrected chi connectivity index (χ3v) is 3.65. The Hall–Kier alpha value is -2.21. The molecule has 104 valence electrons. The molecular formula is C14H17N5O. The minimum absolute atomic E-state index is 0.0309. The lowest BCUT2D eigenvalue weighted by Gasteiger charge is -2.14. The fourth-order valence-corrected chi connectivity index (χ4v) is 2.46. The smallest absolute Gasteiger partial charge is 0.229 e. The number of hydrogen-bond donors (Lipinski definition) is 2. The zero-order valence-corrected chi connectivity index (χ0v) is 11.3. The SMILES string of the molecule is CC1NCCC1C(=O)Nc1ccc(-n2ccnc2)nc1. The van der Waals surface area contributed by atoms with Gasteiger partial charge in [0.05, 0.1) is 17.8 Å². The number of rotatable bonds is 3. The predicted molar refractivity (Wildman–Crippen MR) is 75.6 cm³/mol. The normalized spacial score (nSPS) is 21.9. The molecule has 2 atom stereocenters. The van der Waals surface area contributed by atoms with Crippen LogP contribution in [0.25, 0.3) is 5.82 Å². The van der Waals surface area contributed by atoms with E-state index in [0.29, 0.717) is 0 Å². The van der Waals surface area contributed by atoms with E-state index >= 15 is 0 Å². The molecule has 6 heteroatoms. The fraction of sp³-hybridized carbons (Fsp3) is 0.357. The number of aromatic nitrogens is 3. The third-order valence-electron chi connectivity index (χ3n) is 3.65. The van der Waals surface area contributed by atoms with Crippen molar-refractivity contribution in [3.05, 3.63) is 37.1 Å². The molecule has 2 unspecified atom stereocenters. The molecule has 0 radical (unpaired) electrons. The van der Waals surface area contributed by atoms with Crippen LogP contribution < -0.4 is 10.6 Å². The first-order valence-corrected chi connectivity index (χ1v) is 6.72. The highest BCUT2D eigenvalue weighted by Gasteiger charge is 2.29. The summed E-state index contributed by atoms with van der Waals surface area (Å²) in [5, 5.41) is 6.20. The molecule has 0 aliphatic carbocycles. The number of carbonyl (C=O) groups excluding carboxylic acids is 1. The molecule has 0 aromatic carbocycles. The Morgan fingerprint density at radius 3 is 3.00 bits per heavy atom. The van der Waals surface area contributed by atoms with E-state index in [0.717, 1.165) is 24.5 Å². The van der Waals surface area contributed by atoms with Gasteiger partial charge in [0.1, 0.15) is 12.1 Å². The van der Waals surface area contributed by atoms with Crippen molar-refractivity contribution in [1.82, 2.24) is 19.9 Å². The first kappa shape index (κ1) is 12.8. The Kier molecular flexibility index (Phi) is 3.47. The number of anilines is 1. The number of hydrogen-bond acceptors (Lipinski definition) is 4. The van der Waals surface area contributed by atoms with Crippen LogP contribution in [0.5, 0.6) is 0 Å². The van der Waals surface area contributed by atoms with E-state index in [4.69, 9.17) is 0 Å². The molecule has 0 spiro atoms. The lowest BCUT2D eigenvalue weighted by Crippen LogP contribution is -2.32. The number of amides is 1. The van der Waals surface area contributed by atoms with Crippen LogP contribution in [0.2, 0.25) is 0 Å². The van der Waals surface area contributed by atoms with E-state index in [9.17, 15) is 4.79 Å². The molecule has 1 aliphatic rings.